The lowest BCUT2D eigenvalue weighted by Gasteiger charge is -2.54. The number of nitro benzene ring substituents is 1. The van der Waals surface area contributed by atoms with Crippen LogP contribution in [-0.2, 0) is 0 Å². The number of hydrogen-bond donors (Lipinski definition) is 1. The highest BCUT2D eigenvalue weighted by molar-refractivity contribution is 5.96. The molecule has 1 N–H and O–H groups in total. The molecule has 4 aliphatic carbocycles. The lowest BCUT2D eigenvalue weighted by molar-refractivity contribution is -0.384. The predicted molar refractivity (Wildman–Crippen MR) is 141 cm³/mol. The van der Waals surface area contributed by atoms with Gasteiger partial charge in [-0.2, -0.15) is 0 Å². The smallest absolute Gasteiger partial charge is 0.293 e. The summed E-state index contributed by atoms with van der Waals surface area (Å²) in [6, 6.07) is 12.6. The van der Waals surface area contributed by atoms with Gasteiger partial charge in [-0.15, -0.1) is 0 Å². The summed E-state index contributed by atoms with van der Waals surface area (Å²) in [4.78, 5) is 41.4. The zero-order chi connectivity index (χ0) is 25.7. The highest BCUT2D eigenvalue weighted by atomic mass is 16.6. The highest BCUT2D eigenvalue weighted by Crippen LogP contribution is 2.53. The molecule has 0 unspecified atom stereocenters. The second-order valence-corrected chi connectivity index (χ2v) is 11.5. The third-order valence-electron chi connectivity index (χ3n) is 9.13. The van der Waals surface area contributed by atoms with Gasteiger partial charge in [0.05, 0.1) is 4.92 Å². The van der Waals surface area contributed by atoms with Crippen molar-refractivity contribution in [2.45, 2.75) is 45.1 Å². The lowest BCUT2D eigenvalue weighted by Crippen LogP contribution is -2.55. The van der Waals surface area contributed by atoms with Gasteiger partial charge in [-0.3, -0.25) is 19.7 Å². The van der Waals surface area contributed by atoms with Crippen LogP contribution in [0.2, 0.25) is 0 Å². The van der Waals surface area contributed by atoms with Crippen LogP contribution in [-0.4, -0.2) is 53.9 Å². The van der Waals surface area contributed by atoms with E-state index < -0.39 is 4.92 Å². The van der Waals surface area contributed by atoms with Gasteiger partial charge in [0.15, 0.2) is 0 Å². The van der Waals surface area contributed by atoms with Crippen molar-refractivity contribution in [3.8, 4) is 0 Å². The molecular formula is C29H34N4O4. The molecule has 8 heteroatoms. The Morgan fingerprint density at radius 2 is 1.57 bits per heavy atom. The molecule has 1 heterocycles. The second kappa shape index (κ2) is 9.47. The largest absolute Gasteiger partial charge is 0.362 e. The van der Waals surface area contributed by atoms with Gasteiger partial charge in [0, 0.05) is 49.4 Å². The molecule has 2 aromatic carbocycles. The summed E-state index contributed by atoms with van der Waals surface area (Å²) in [6.45, 7) is 3.92. The van der Waals surface area contributed by atoms with Gasteiger partial charge in [-0.1, -0.05) is 17.7 Å². The first kappa shape index (κ1) is 23.9. The van der Waals surface area contributed by atoms with Crippen molar-refractivity contribution in [2.24, 2.45) is 23.7 Å². The minimum atomic E-state index is -0.404. The Balaban J connectivity index is 1.13. The standard InChI is InChI=1S/C29H34N4O4/c1-18-3-2-4-22(11-18)29(35)32-9-7-31(8-10-32)25-6-5-21(17-26(25)33(36)37)28(34)30-27-23-13-19-12-20(15-23)16-24(27)14-19/h2-6,11,17,19-20,23-24,27H,7-10,12-16H2,1H3,(H,30,34). The Hall–Kier alpha value is -3.42. The van der Waals surface area contributed by atoms with Gasteiger partial charge in [0.1, 0.15) is 5.69 Å². The number of piperazine rings is 1. The van der Waals surface area contributed by atoms with E-state index in [4.69, 9.17) is 0 Å². The first-order chi connectivity index (χ1) is 17.9. The summed E-state index contributed by atoms with van der Waals surface area (Å²) in [5.41, 5.74) is 2.48. The number of carbonyl (C=O) groups excluding carboxylic acids is 2. The number of hydrogen-bond acceptors (Lipinski definition) is 5. The van der Waals surface area contributed by atoms with Gasteiger partial charge < -0.3 is 15.1 Å². The lowest BCUT2D eigenvalue weighted by atomic mass is 9.54. The molecule has 5 fully saturated rings. The maximum atomic E-state index is 13.2. The van der Waals surface area contributed by atoms with Crippen molar-refractivity contribution in [1.29, 1.82) is 0 Å². The van der Waals surface area contributed by atoms with Crippen LogP contribution in [0.3, 0.4) is 0 Å². The predicted octanol–water partition coefficient (Wildman–Crippen LogP) is 4.42. The number of nitrogens with zero attached hydrogens (tertiary/aromatic N) is 3. The molecule has 5 aliphatic rings. The Labute approximate surface area is 217 Å². The summed E-state index contributed by atoms with van der Waals surface area (Å²) >= 11 is 0. The van der Waals surface area contributed by atoms with Gasteiger partial charge in [-0.25, -0.2) is 0 Å². The fourth-order valence-corrected chi connectivity index (χ4v) is 7.58. The number of amides is 2. The average molecular weight is 503 g/mol. The normalized spacial score (nSPS) is 28.3. The molecule has 1 aliphatic heterocycles. The summed E-state index contributed by atoms with van der Waals surface area (Å²) < 4.78 is 0. The minimum absolute atomic E-state index is 0.0188. The number of anilines is 1. The summed E-state index contributed by atoms with van der Waals surface area (Å²) in [5, 5.41) is 15.3. The zero-order valence-electron chi connectivity index (χ0n) is 21.3. The van der Waals surface area contributed by atoms with Crippen molar-refractivity contribution >= 4 is 23.2 Å². The third kappa shape index (κ3) is 4.58. The molecule has 194 valence electrons. The van der Waals surface area contributed by atoms with Crippen LogP contribution in [0.25, 0.3) is 0 Å². The fourth-order valence-electron chi connectivity index (χ4n) is 7.58. The van der Waals surface area contributed by atoms with E-state index in [1.165, 1.54) is 38.2 Å². The fraction of sp³-hybridized carbons (Fsp3) is 0.517. The number of benzene rings is 2. The molecule has 2 aromatic rings. The first-order valence-corrected chi connectivity index (χ1v) is 13.6. The van der Waals surface area contributed by atoms with Gasteiger partial charge in [0.2, 0.25) is 0 Å². The summed E-state index contributed by atoms with van der Waals surface area (Å²) in [7, 11) is 0. The Kier molecular flexibility index (Phi) is 6.13. The van der Waals surface area contributed by atoms with E-state index in [9.17, 15) is 19.7 Å². The first-order valence-electron chi connectivity index (χ1n) is 13.6. The van der Waals surface area contributed by atoms with E-state index in [0.29, 0.717) is 54.8 Å². The number of carbonyl (C=O) groups is 2. The minimum Gasteiger partial charge on any atom is -0.362 e. The highest BCUT2D eigenvalue weighted by Gasteiger charge is 2.48. The van der Waals surface area contributed by atoms with E-state index in [2.05, 4.69) is 5.32 Å². The molecule has 37 heavy (non-hydrogen) atoms. The second-order valence-electron chi connectivity index (χ2n) is 11.5. The molecule has 0 radical (unpaired) electrons. The summed E-state index contributed by atoms with van der Waals surface area (Å²) in [5.74, 6) is 2.52. The molecule has 0 aromatic heterocycles. The molecule has 4 saturated carbocycles. The van der Waals surface area contributed by atoms with Crippen molar-refractivity contribution in [2.75, 3.05) is 31.1 Å². The topological polar surface area (TPSA) is 95.8 Å². The summed E-state index contributed by atoms with van der Waals surface area (Å²) in [6.07, 6.45) is 6.17. The van der Waals surface area contributed by atoms with E-state index >= 15 is 0 Å². The maximum absolute atomic E-state index is 13.2. The van der Waals surface area contributed by atoms with Crippen molar-refractivity contribution in [3.63, 3.8) is 0 Å². The Morgan fingerprint density at radius 1 is 0.892 bits per heavy atom. The van der Waals surface area contributed by atoms with Crippen molar-refractivity contribution < 1.29 is 14.5 Å². The van der Waals surface area contributed by atoms with Gasteiger partial charge in [0.25, 0.3) is 17.5 Å². The molecule has 2 amide bonds. The van der Waals surface area contributed by atoms with Crippen molar-refractivity contribution in [3.05, 3.63) is 69.3 Å². The van der Waals surface area contributed by atoms with E-state index in [1.54, 1.807) is 17.0 Å². The molecule has 8 nitrogen and oxygen atoms in total. The van der Waals surface area contributed by atoms with Crippen LogP contribution in [0.1, 0.15) is 58.4 Å². The van der Waals surface area contributed by atoms with E-state index in [1.807, 2.05) is 36.1 Å². The monoisotopic (exact) mass is 502 g/mol. The molecule has 7 rings (SSSR count). The van der Waals surface area contributed by atoms with Crippen LogP contribution < -0.4 is 10.2 Å². The van der Waals surface area contributed by atoms with Crippen LogP contribution in [0, 0.1) is 40.7 Å². The number of nitro groups is 1. The number of rotatable bonds is 5. The third-order valence-corrected chi connectivity index (χ3v) is 9.13. The number of aryl methyl sites for hydroxylation is 1. The van der Waals surface area contributed by atoms with E-state index in [0.717, 1.165) is 17.4 Å². The van der Waals surface area contributed by atoms with Crippen LogP contribution >= 0.6 is 0 Å². The Morgan fingerprint density at radius 3 is 2.19 bits per heavy atom. The quantitative estimate of drug-likeness (QED) is 0.482. The maximum Gasteiger partial charge on any atom is 0.293 e. The molecule has 0 atom stereocenters. The average Bonchev–Trinajstić information content (AvgIpc) is 2.89. The Bertz CT molecular complexity index is 1210. The number of nitrogens with one attached hydrogen (secondary N) is 1. The SMILES string of the molecule is Cc1cccc(C(=O)N2CCN(c3ccc(C(=O)NC4C5CC6CC(C5)CC4C6)cc3[N+](=O)[O-])CC2)c1. The van der Waals surface area contributed by atoms with E-state index in [-0.39, 0.29) is 23.5 Å². The van der Waals surface area contributed by atoms with Crippen molar-refractivity contribution in [1.82, 2.24) is 10.2 Å². The zero-order valence-corrected chi connectivity index (χ0v) is 21.3. The molecule has 1 saturated heterocycles. The van der Waals surface area contributed by atoms with Crippen LogP contribution in [0.5, 0.6) is 0 Å². The molecular weight excluding hydrogens is 468 g/mol. The molecule has 0 spiro atoms. The van der Waals surface area contributed by atoms with Gasteiger partial charge in [-0.05, 0) is 87.0 Å². The van der Waals surface area contributed by atoms with Crippen LogP contribution in [0.15, 0.2) is 42.5 Å². The van der Waals surface area contributed by atoms with Gasteiger partial charge >= 0.3 is 0 Å². The van der Waals surface area contributed by atoms with Crippen LogP contribution in [0.4, 0.5) is 11.4 Å². The molecule has 4 bridgehead atoms.